The van der Waals surface area contributed by atoms with Crippen molar-refractivity contribution in [3.05, 3.63) is 71.8 Å². The molecule has 0 saturated carbocycles. The number of nitrogens with two attached hydrogens (primary N) is 1. The normalized spacial score (nSPS) is 15.8. The number of carbonyl (C=O) groups is 1. The van der Waals surface area contributed by atoms with E-state index in [9.17, 15) is 4.79 Å². The Bertz CT molecular complexity index is 646. The molecule has 0 aliphatic carbocycles. The molecule has 1 aromatic rings. The highest BCUT2D eigenvalue weighted by Crippen LogP contribution is 2.23. The second-order valence-corrected chi connectivity index (χ2v) is 7.28. The number of carbonyl (C=O) groups excluding carboxylic acids is 1. The molecule has 1 fully saturated rings. The van der Waals surface area contributed by atoms with Gasteiger partial charge in [-0.3, -0.25) is 4.79 Å². The van der Waals surface area contributed by atoms with Crippen LogP contribution in [0.1, 0.15) is 38.7 Å². The lowest BCUT2D eigenvalue weighted by Gasteiger charge is -2.35. The van der Waals surface area contributed by atoms with Gasteiger partial charge in [0.25, 0.3) is 0 Å². The fourth-order valence-electron chi connectivity index (χ4n) is 3.14. The first kappa shape index (κ1) is 23.2. The van der Waals surface area contributed by atoms with E-state index >= 15 is 0 Å². The van der Waals surface area contributed by atoms with Gasteiger partial charge in [-0.2, -0.15) is 0 Å². The minimum atomic E-state index is 0.101. The van der Waals surface area contributed by atoms with Crippen molar-refractivity contribution in [2.75, 3.05) is 13.1 Å². The van der Waals surface area contributed by atoms with E-state index in [0.717, 1.165) is 37.4 Å². The highest BCUT2D eigenvalue weighted by Gasteiger charge is 2.27. The molecule has 4 heteroatoms. The lowest BCUT2D eigenvalue weighted by atomic mass is 9.86. The van der Waals surface area contributed by atoms with Gasteiger partial charge in [-0.1, -0.05) is 62.0 Å². The van der Waals surface area contributed by atoms with E-state index in [1.165, 1.54) is 5.56 Å². The quantitative estimate of drug-likeness (QED) is 0.540. The van der Waals surface area contributed by atoms with Crippen LogP contribution in [0.25, 0.3) is 0 Å². The van der Waals surface area contributed by atoms with Gasteiger partial charge >= 0.3 is 0 Å². The van der Waals surface area contributed by atoms with Crippen LogP contribution < -0.4 is 5.73 Å². The maximum absolute atomic E-state index is 12.1. The summed E-state index contributed by atoms with van der Waals surface area (Å²) in [5, 5.41) is 0.753. The zero-order valence-corrected chi connectivity index (χ0v) is 17.4. The smallest absolute Gasteiger partial charge is 0.249 e. The Morgan fingerprint density at radius 1 is 1.41 bits per heavy atom. The van der Waals surface area contributed by atoms with Crippen molar-refractivity contribution in [2.24, 2.45) is 11.7 Å². The fourth-order valence-corrected chi connectivity index (χ4v) is 3.36. The van der Waals surface area contributed by atoms with E-state index < -0.39 is 0 Å². The van der Waals surface area contributed by atoms with Crippen LogP contribution >= 0.6 is 11.6 Å². The molecule has 1 saturated heterocycles. The molecule has 3 nitrogen and oxygen atoms in total. The van der Waals surface area contributed by atoms with Crippen LogP contribution in [0.4, 0.5) is 0 Å². The van der Waals surface area contributed by atoms with Crippen molar-refractivity contribution in [3.8, 4) is 0 Å². The summed E-state index contributed by atoms with van der Waals surface area (Å²) < 4.78 is 0. The van der Waals surface area contributed by atoms with Crippen LogP contribution in [0.5, 0.6) is 0 Å². The maximum atomic E-state index is 12.1. The topological polar surface area (TPSA) is 46.3 Å². The molecule has 1 atom stereocenters. The summed E-state index contributed by atoms with van der Waals surface area (Å²) in [7, 11) is 0. The summed E-state index contributed by atoms with van der Waals surface area (Å²) in [4.78, 5) is 14.0. The second-order valence-electron chi connectivity index (χ2n) is 6.85. The van der Waals surface area contributed by atoms with Crippen LogP contribution in [0.15, 0.2) is 61.2 Å². The number of amides is 1. The third-order valence-electron chi connectivity index (χ3n) is 4.85. The fraction of sp³-hybridized carbons (Fsp3) is 0.435. The zero-order chi connectivity index (χ0) is 20.2. The minimum Gasteiger partial charge on any atom is -0.339 e. The van der Waals surface area contributed by atoms with Crippen molar-refractivity contribution in [2.45, 2.75) is 45.6 Å². The number of likely N-dealkylation sites (tertiary alicyclic amines) is 1. The Morgan fingerprint density at radius 2 is 2.07 bits per heavy atom. The summed E-state index contributed by atoms with van der Waals surface area (Å²) in [5.41, 5.74) is 8.25. The first-order valence-electron chi connectivity index (χ1n) is 9.63. The van der Waals surface area contributed by atoms with Crippen molar-refractivity contribution >= 4 is 17.5 Å². The third-order valence-corrected chi connectivity index (χ3v) is 5.09. The van der Waals surface area contributed by atoms with Gasteiger partial charge in [0.2, 0.25) is 5.91 Å². The molecule has 2 N–H and O–H groups in total. The first-order chi connectivity index (χ1) is 12.9. The second kappa shape index (κ2) is 12.5. The largest absolute Gasteiger partial charge is 0.339 e. The predicted octanol–water partition coefficient (Wildman–Crippen LogP) is 5.16. The molecule has 1 aromatic carbocycles. The van der Waals surface area contributed by atoms with Gasteiger partial charge in [-0.05, 0) is 56.2 Å². The van der Waals surface area contributed by atoms with E-state index in [-0.39, 0.29) is 11.9 Å². The van der Waals surface area contributed by atoms with Crippen molar-refractivity contribution < 1.29 is 4.79 Å². The summed E-state index contributed by atoms with van der Waals surface area (Å²) >= 11 is 6.02. The molecule has 2 rings (SSSR count). The third kappa shape index (κ3) is 8.15. The molecule has 1 aliphatic rings. The number of halogens is 1. The molecular weight excluding hydrogens is 356 g/mol. The van der Waals surface area contributed by atoms with Crippen molar-refractivity contribution in [1.82, 2.24) is 4.90 Å². The van der Waals surface area contributed by atoms with Crippen LogP contribution in [0, 0.1) is 5.92 Å². The summed E-state index contributed by atoms with van der Waals surface area (Å²) in [6.45, 7) is 12.8. The van der Waals surface area contributed by atoms with E-state index in [0.29, 0.717) is 17.9 Å². The van der Waals surface area contributed by atoms with Gasteiger partial charge in [0.15, 0.2) is 0 Å². The van der Waals surface area contributed by atoms with E-state index in [4.69, 9.17) is 17.3 Å². The van der Waals surface area contributed by atoms with Gasteiger partial charge in [-0.15, -0.1) is 0 Å². The molecule has 0 aromatic heterocycles. The van der Waals surface area contributed by atoms with Gasteiger partial charge in [-0.25, -0.2) is 0 Å². The number of hydrogen-bond donors (Lipinski definition) is 1. The molecular formula is C23H33ClN2O. The molecule has 0 bridgehead atoms. The van der Waals surface area contributed by atoms with Gasteiger partial charge in [0.05, 0.1) is 0 Å². The summed E-state index contributed by atoms with van der Waals surface area (Å²) in [6, 6.07) is 8.00. The molecule has 27 heavy (non-hydrogen) atoms. The van der Waals surface area contributed by atoms with Crippen molar-refractivity contribution in [1.29, 1.82) is 0 Å². The molecule has 1 amide bonds. The van der Waals surface area contributed by atoms with Crippen LogP contribution in [0.2, 0.25) is 5.02 Å². The summed E-state index contributed by atoms with van der Waals surface area (Å²) in [5.74, 6) is 0.558. The highest BCUT2D eigenvalue weighted by molar-refractivity contribution is 6.30. The number of allylic oxidation sites excluding steroid dienone is 3. The number of nitrogens with zero attached hydrogens (tertiary/aromatic N) is 1. The van der Waals surface area contributed by atoms with E-state index in [1.54, 1.807) is 6.08 Å². The van der Waals surface area contributed by atoms with E-state index in [2.05, 4.69) is 19.2 Å². The molecule has 0 radical (unpaired) electrons. The lowest BCUT2D eigenvalue weighted by Crippen LogP contribution is -2.44. The Hall–Kier alpha value is -1.84. The Morgan fingerprint density at radius 3 is 2.56 bits per heavy atom. The number of hydrogen-bond acceptors (Lipinski definition) is 2. The Balaban J connectivity index is 0.000000646. The Kier molecular flexibility index (Phi) is 10.8. The molecule has 1 heterocycles. The highest BCUT2D eigenvalue weighted by atomic mass is 35.5. The average Bonchev–Trinajstić information content (AvgIpc) is 2.68. The number of rotatable bonds is 6. The predicted molar refractivity (Wildman–Crippen MR) is 117 cm³/mol. The van der Waals surface area contributed by atoms with Gasteiger partial charge in [0.1, 0.15) is 0 Å². The molecule has 1 aliphatic heterocycles. The van der Waals surface area contributed by atoms with Gasteiger partial charge < -0.3 is 10.6 Å². The molecule has 0 spiro atoms. The van der Waals surface area contributed by atoms with Crippen LogP contribution in [-0.4, -0.2) is 29.9 Å². The maximum Gasteiger partial charge on any atom is 0.249 e. The standard InChI is InChI=1S/C18H25ClN2O.C5H8/c1-3-13(2)18(22)21-9-7-15(8-10-21)17(20)12-14-5-4-6-16(19)11-14;1-3-5-4-2/h4-6,11,15,17H,2-3,7-10,12,20H2,1H3;3-5H,1H2,2H3/b;5-4-. The van der Waals surface area contributed by atoms with Crippen molar-refractivity contribution in [3.63, 3.8) is 0 Å². The first-order valence-corrected chi connectivity index (χ1v) is 10.0. The van der Waals surface area contributed by atoms with Crippen LogP contribution in [-0.2, 0) is 11.2 Å². The van der Waals surface area contributed by atoms with Crippen LogP contribution in [0.3, 0.4) is 0 Å². The number of piperidine rings is 1. The summed E-state index contributed by atoms with van der Waals surface area (Å²) in [6.07, 6.45) is 9.05. The van der Waals surface area contributed by atoms with Gasteiger partial charge in [0, 0.05) is 29.7 Å². The molecule has 1 unspecified atom stereocenters. The SMILES string of the molecule is C=C(CC)C(=O)N1CCC(C(N)Cc2cccc(Cl)c2)CC1.C=C/C=C\C. The molecule has 148 valence electrons. The monoisotopic (exact) mass is 388 g/mol. The Labute approximate surface area is 169 Å². The van der Waals surface area contributed by atoms with E-state index in [1.807, 2.05) is 49.1 Å². The minimum absolute atomic E-state index is 0.101. The number of benzene rings is 1. The average molecular weight is 389 g/mol. The lowest BCUT2D eigenvalue weighted by molar-refractivity contribution is -0.128. The zero-order valence-electron chi connectivity index (χ0n) is 16.7.